The highest BCUT2D eigenvalue weighted by molar-refractivity contribution is 7.87. The van der Waals surface area contributed by atoms with Gasteiger partial charge in [0, 0.05) is 0 Å². The molecule has 0 heterocycles. The Bertz CT molecular complexity index is 988. The maximum absolute atomic E-state index is 12.3. The molecule has 3 aromatic carbocycles. The van der Waals surface area contributed by atoms with Gasteiger partial charge in [0.1, 0.15) is 10.6 Å². The lowest BCUT2D eigenvalue weighted by Crippen LogP contribution is -2.09. The van der Waals surface area contributed by atoms with Crippen molar-refractivity contribution in [3.05, 3.63) is 72.3 Å². The van der Waals surface area contributed by atoms with Crippen molar-refractivity contribution in [3.63, 3.8) is 0 Å². The van der Waals surface area contributed by atoms with Crippen LogP contribution in [-0.4, -0.2) is 8.42 Å². The predicted molar refractivity (Wildman–Crippen MR) is 82.9 cm³/mol. The smallest absolute Gasteiger partial charge is 0.339 e. The molecule has 4 nitrogen and oxygen atoms in total. The second kappa shape index (κ2) is 5.51. The van der Waals surface area contributed by atoms with Crippen LogP contribution in [0.2, 0.25) is 0 Å². The fourth-order valence-electron chi connectivity index (χ4n) is 2.12. The normalized spacial score (nSPS) is 11.0. The molecule has 0 aliphatic carbocycles. The summed E-state index contributed by atoms with van der Waals surface area (Å²) in [6.45, 7) is 0. The molecule has 0 bridgehead atoms. The number of fused-ring (bicyclic) bond motifs is 1. The molecular weight excluding hydrogens is 298 g/mol. The second-order valence-electron chi connectivity index (χ2n) is 4.69. The maximum Gasteiger partial charge on any atom is 0.339 e. The third-order valence-corrected chi connectivity index (χ3v) is 4.42. The molecule has 0 saturated carbocycles. The SMILES string of the molecule is N#Cc1cccc(S(=O)(=O)Oc2ccc3ccccc3c2)c1. The Hall–Kier alpha value is -2.84. The molecule has 5 heteroatoms. The van der Waals surface area contributed by atoms with Crippen molar-refractivity contribution in [2.75, 3.05) is 0 Å². The molecular formula is C17H11NO3S. The van der Waals surface area contributed by atoms with Gasteiger partial charge in [0.05, 0.1) is 11.6 Å². The third kappa shape index (κ3) is 2.78. The molecule has 3 rings (SSSR count). The molecule has 0 saturated heterocycles. The summed E-state index contributed by atoms with van der Waals surface area (Å²) in [4.78, 5) is -0.0419. The highest BCUT2D eigenvalue weighted by atomic mass is 32.2. The summed E-state index contributed by atoms with van der Waals surface area (Å²) < 4.78 is 29.7. The van der Waals surface area contributed by atoms with Crippen LogP contribution in [0.3, 0.4) is 0 Å². The van der Waals surface area contributed by atoms with Gasteiger partial charge in [0.2, 0.25) is 0 Å². The van der Waals surface area contributed by atoms with E-state index in [4.69, 9.17) is 9.44 Å². The van der Waals surface area contributed by atoms with Gasteiger partial charge in [-0.15, -0.1) is 0 Å². The minimum Gasteiger partial charge on any atom is -0.379 e. The maximum atomic E-state index is 12.3. The first kappa shape index (κ1) is 14.1. The monoisotopic (exact) mass is 309 g/mol. The minimum absolute atomic E-state index is 0.0419. The molecule has 0 aromatic heterocycles. The van der Waals surface area contributed by atoms with E-state index in [-0.39, 0.29) is 16.2 Å². The summed E-state index contributed by atoms with van der Waals surface area (Å²) in [6.07, 6.45) is 0. The molecule has 0 spiro atoms. The van der Waals surface area contributed by atoms with Gasteiger partial charge in [-0.2, -0.15) is 13.7 Å². The van der Waals surface area contributed by atoms with Crippen molar-refractivity contribution >= 4 is 20.9 Å². The lowest BCUT2D eigenvalue weighted by Gasteiger charge is -2.08. The van der Waals surface area contributed by atoms with Crippen LogP contribution in [0.25, 0.3) is 10.8 Å². The third-order valence-electron chi connectivity index (χ3n) is 3.18. The Balaban J connectivity index is 1.97. The summed E-state index contributed by atoms with van der Waals surface area (Å²) in [5, 5.41) is 10.7. The number of rotatable bonds is 3. The molecule has 0 atom stereocenters. The van der Waals surface area contributed by atoms with Crippen LogP contribution in [0.1, 0.15) is 5.56 Å². The molecule has 0 N–H and O–H groups in total. The topological polar surface area (TPSA) is 67.2 Å². The Morgan fingerprint density at radius 1 is 0.864 bits per heavy atom. The number of hydrogen-bond acceptors (Lipinski definition) is 4. The Kier molecular flexibility index (Phi) is 3.53. The lowest BCUT2D eigenvalue weighted by molar-refractivity contribution is 0.486. The van der Waals surface area contributed by atoms with Gasteiger partial charge in [0.25, 0.3) is 0 Å². The van der Waals surface area contributed by atoms with Crippen molar-refractivity contribution in [2.24, 2.45) is 0 Å². The van der Waals surface area contributed by atoms with Gasteiger partial charge in [-0.1, -0.05) is 36.4 Å². The van der Waals surface area contributed by atoms with Gasteiger partial charge in [-0.3, -0.25) is 0 Å². The largest absolute Gasteiger partial charge is 0.379 e. The van der Waals surface area contributed by atoms with Crippen molar-refractivity contribution in [3.8, 4) is 11.8 Å². The second-order valence-corrected chi connectivity index (χ2v) is 6.23. The molecule has 0 aliphatic heterocycles. The summed E-state index contributed by atoms with van der Waals surface area (Å²) in [5.74, 6) is 0.237. The van der Waals surface area contributed by atoms with E-state index >= 15 is 0 Å². The molecule has 108 valence electrons. The summed E-state index contributed by atoms with van der Waals surface area (Å²) in [5.41, 5.74) is 0.267. The van der Waals surface area contributed by atoms with Crippen molar-refractivity contribution in [2.45, 2.75) is 4.90 Å². The van der Waals surface area contributed by atoms with Crippen LogP contribution in [0.15, 0.2) is 71.6 Å². The summed E-state index contributed by atoms with van der Waals surface area (Å²) in [7, 11) is -3.97. The number of hydrogen-bond donors (Lipinski definition) is 0. The van der Waals surface area contributed by atoms with Crippen molar-refractivity contribution in [1.29, 1.82) is 5.26 Å². The van der Waals surface area contributed by atoms with E-state index in [0.29, 0.717) is 0 Å². The molecule has 3 aromatic rings. The van der Waals surface area contributed by atoms with E-state index in [1.165, 1.54) is 24.3 Å². The standard InChI is InChI=1S/C17H11NO3S/c18-12-13-4-3-7-17(10-13)22(19,20)21-16-9-8-14-5-1-2-6-15(14)11-16/h1-11H. The highest BCUT2D eigenvalue weighted by Crippen LogP contribution is 2.24. The lowest BCUT2D eigenvalue weighted by atomic mass is 10.1. The number of nitriles is 1. The number of benzene rings is 3. The van der Waals surface area contributed by atoms with Crippen LogP contribution < -0.4 is 4.18 Å². The van der Waals surface area contributed by atoms with E-state index in [9.17, 15) is 8.42 Å². The van der Waals surface area contributed by atoms with Crippen molar-refractivity contribution < 1.29 is 12.6 Å². The highest BCUT2D eigenvalue weighted by Gasteiger charge is 2.17. The first-order chi connectivity index (χ1) is 10.6. The van der Waals surface area contributed by atoms with Gasteiger partial charge in [0.15, 0.2) is 0 Å². The van der Waals surface area contributed by atoms with E-state index in [1.807, 2.05) is 30.3 Å². The van der Waals surface area contributed by atoms with E-state index < -0.39 is 10.1 Å². The number of nitrogens with zero attached hydrogens (tertiary/aromatic N) is 1. The van der Waals surface area contributed by atoms with Crippen LogP contribution >= 0.6 is 0 Å². The van der Waals surface area contributed by atoms with Gasteiger partial charge in [-0.25, -0.2) is 0 Å². The Morgan fingerprint density at radius 2 is 1.64 bits per heavy atom. The zero-order valence-corrected chi connectivity index (χ0v) is 12.2. The van der Waals surface area contributed by atoms with Gasteiger partial charge in [-0.05, 0) is 41.1 Å². The van der Waals surface area contributed by atoms with Gasteiger partial charge < -0.3 is 4.18 Å². The Morgan fingerprint density at radius 3 is 2.41 bits per heavy atom. The molecule has 22 heavy (non-hydrogen) atoms. The zero-order valence-electron chi connectivity index (χ0n) is 11.4. The Labute approximate surface area is 128 Å². The van der Waals surface area contributed by atoms with Crippen LogP contribution in [0.5, 0.6) is 5.75 Å². The average Bonchev–Trinajstić information content (AvgIpc) is 2.54. The molecule has 0 unspecified atom stereocenters. The van der Waals surface area contributed by atoms with Crippen LogP contribution in [-0.2, 0) is 10.1 Å². The molecule has 0 amide bonds. The minimum atomic E-state index is -3.97. The first-order valence-corrected chi connectivity index (χ1v) is 7.93. The molecule has 0 aliphatic rings. The summed E-state index contributed by atoms with van der Waals surface area (Å²) in [6, 6.07) is 20.3. The first-order valence-electron chi connectivity index (χ1n) is 6.52. The summed E-state index contributed by atoms with van der Waals surface area (Å²) >= 11 is 0. The zero-order chi connectivity index (χ0) is 15.6. The quantitative estimate of drug-likeness (QED) is 0.695. The molecule has 0 radical (unpaired) electrons. The van der Waals surface area contributed by atoms with E-state index in [1.54, 1.807) is 18.2 Å². The van der Waals surface area contributed by atoms with Crippen LogP contribution in [0, 0.1) is 11.3 Å². The van der Waals surface area contributed by atoms with Gasteiger partial charge >= 0.3 is 10.1 Å². The van der Waals surface area contributed by atoms with Crippen molar-refractivity contribution in [1.82, 2.24) is 0 Å². The molecule has 0 fully saturated rings. The fourth-order valence-corrected chi connectivity index (χ4v) is 3.08. The van der Waals surface area contributed by atoms with E-state index in [2.05, 4.69) is 0 Å². The fraction of sp³-hybridized carbons (Fsp3) is 0. The van der Waals surface area contributed by atoms with E-state index in [0.717, 1.165) is 10.8 Å². The average molecular weight is 309 g/mol. The predicted octanol–water partition coefficient (Wildman–Crippen LogP) is 3.48. The van der Waals surface area contributed by atoms with Crippen LogP contribution in [0.4, 0.5) is 0 Å².